The smallest absolute Gasteiger partial charge is 0.133 e. The number of benzene rings is 1. The largest absolute Gasteiger partial charge is 0.374 e. The molecule has 2 heteroatoms. The van der Waals surface area contributed by atoms with E-state index >= 15 is 0 Å². The maximum atomic E-state index is 12.0. The van der Waals surface area contributed by atoms with Gasteiger partial charge in [0.2, 0.25) is 0 Å². The number of anilines is 1. The average molecular weight is 259 g/mol. The molecule has 1 atom stereocenters. The zero-order chi connectivity index (χ0) is 13.7. The fraction of sp³-hybridized carbons (Fsp3) is 0.588. The van der Waals surface area contributed by atoms with Crippen LogP contribution in [0.5, 0.6) is 0 Å². The van der Waals surface area contributed by atoms with E-state index < -0.39 is 0 Å². The summed E-state index contributed by atoms with van der Waals surface area (Å²) in [5.41, 5.74) is 1.36. The summed E-state index contributed by atoms with van der Waals surface area (Å²) in [6.45, 7) is 3.23. The van der Waals surface area contributed by atoms with Gasteiger partial charge in [0.25, 0.3) is 0 Å². The van der Waals surface area contributed by atoms with Crippen molar-refractivity contribution >= 4 is 11.5 Å². The average Bonchev–Trinajstić information content (AvgIpc) is 2.37. The molecule has 1 aliphatic carbocycles. The summed E-state index contributed by atoms with van der Waals surface area (Å²) < 4.78 is 0. The number of carbonyl (C=O) groups excluding carboxylic acids is 1. The van der Waals surface area contributed by atoms with E-state index in [1.165, 1.54) is 18.5 Å². The zero-order valence-corrected chi connectivity index (χ0v) is 12.2. The van der Waals surface area contributed by atoms with E-state index in [-0.39, 0.29) is 5.41 Å². The Morgan fingerprint density at radius 2 is 1.89 bits per heavy atom. The molecular formula is C17H25NO. The van der Waals surface area contributed by atoms with Crippen LogP contribution in [0.15, 0.2) is 30.3 Å². The predicted octanol–water partition coefficient (Wildman–Crippen LogP) is 4.05. The van der Waals surface area contributed by atoms with Gasteiger partial charge in [-0.05, 0) is 30.4 Å². The van der Waals surface area contributed by atoms with Crippen LogP contribution in [-0.4, -0.2) is 19.4 Å². The van der Waals surface area contributed by atoms with Crippen molar-refractivity contribution in [3.05, 3.63) is 30.3 Å². The molecule has 1 fully saturated rings. The molecular weight excluding hydrogens is 234 g/mol. The first-order chi connectivity index (χ1) is 9.09. The lowest BCUT2D eigenvalue weighted by Gasteiger charge is -2.35. The van der Waals surface area contributed by atoms with E-state index in [0.717, 1.165) is 32.2 Å². The third-order valence-electron chi connectivity index (χ3n) is 4.18. The van der Waals surface area contributed by atoms with Gasteiger partial charge in [0.15, 0.2) is 0 Å². The van der Waals surface area contributed by atoms with Crippen molar-refractivity contribution < 1.29 is 4.79 Å². The Balaban J connectivity index is 2.04. The maximum absolute atomic E-state index is 12.0. The molecule has 0 aromatic heterocycles. The molecule has 2 nitrogen and oxygen atoms in total. The van der Waals surface area contributed by atoms with Gasteiger partial charge < -0.3 is 4.90 Å². The molecule has 0 N–H and O–H groups in total. The van der Waals surface area contributed by atoms with Gasteiger partial charge in [-0.3, -0.25) is 4.79 Å². The van der Waals surface area contributed by atoms with Gasteiger partial charge in [0, 0.05) is 32.1 Å². The van der Waals surface area contributed by atoms with E-state index in [9.17, 15) is 4.79 Å². The van der Waals surface area contributed by atoms with Crippen molar-refractivity contribution in [3.63, 3.8) is 0 Å². The van der Waals surface area contributed by atoms with Gasteiger partial charge in [-0.25, -0.2) is 0 Å². The van der Waals surface area contributed by atoms with Gasteiger partial charge in [-0.2, -0.15) is 0 Å². The molecule has 1 aliphatic rings. The highest BCUT2D eigenvalue weighted by Gasteiger charge is 2.29. The molecule has 0 heterocycles. The number of rotatable bonds is 3. The summed E-state index contributed by atoms with van der Waals surface area (Å²) in [5, 5.41) is 0. The van der Waals surface area contributed by atoms with Crippen molar-refractivity contribution in [1.29, 1.82) is 0 Å². The Hall–Kier alpha value is -1.31. The third-order valence-corrected chi connectivity index (χ3v) is 4.18. The van der Waals surface area contributed by atoms with Crippen LogP contribution >= 0.6 is 0 Å². The first-order valence-corrected chi connectivity index (χ1v) is 7.37. The minimum absolute atomic E-state index is 0.127. The Labute approximate surface area is 116 Å². The van der Waals surface area contributed by atoms with Gasteiger partial charge in [-0.15, -0.1) is 0 Å². The van der Waals surface area contributed by atoms with Crippen LogP contribution in [-0.2, 0) is 4.79 Å². The Kier molecular flexibility index (Phi) is 4.62. The number of Topliss-reactive ketones (excluding diaryl/α,β-unsaturated/α-hetero) is 1. The van der Waals surface area contributed by atoms with Crippen LogP contribution in [0, 0.1) is 5.41 Å². The molecule has 0 radical (unpaired) electrons. The fourth-order valence-corrected chi connectivity index (χ4v) is 3.18. The first kappa shape index (κ1) is 14.1. The first-order valence-electron chi connectivity index (χ1n) is 7.37. The zero-order valence-electron chi connectivity index (χ0n) is 12.2. The van der Waals surface area contributed by atoms with Crippen LogP contribution in [0.3, 0.4) is 0 Å². The molecule has 1 aromatic rings. The van der Waals surface area contributed by atoms with Gasteiger partial charge in [0.1, 0.15) is 5.78 Å². The lowest BCUT2D eigenvalue weighted by molar-refractivity contribution is -0.121. The number of hydrogen-bond donors (Lipinski definition) is 0. The molecule has 0 bridgehead atoms. The lowest BCUT2D eigenvalue weighted by atomic mass is 9.77. The van der Waals surface area contributed by atoms with Crippen LogP contribution < -0.4 is 4.90 Å². The van der Waals surface area contributed by atoms with E-state index in [0.29, 0.717) is 5.78 Å². The van der Waals surface area contributed by atoms with E-state index in [1.54, 1.807) is 0 Å². The molecule has 1 saturated carbocycles. The van der Waals surface area contributed by atoms with E-state index in [4.69, 9.17) is 0 Å². The second-order valence-corrected chi connectivity index (χ2v) is 6.28. The van der Waals surface area contributed by atoms with Crippen molar-refractivity contribution in [2.45, 2.75) is 45.4 Å². The highest BCUT2D eigenvalue weighted by molar-refractivity contribution is 5.79. The highest BCUT2D eigenvalue weighted by Crippen LogP contribution is 2.33. The molecule has 0 saturated heterocycles. The Morgan fingerprint density at radius 3 is 2.63 bits per heavy atom. The second-order valence-electron chi connectivity index (χ2n) is 6.28. The van der Waals surface area contributed by atoms with Crippen LogP contribution in [0.2, 0.25) is 0 Å². The predicted molar refractivity (Wildman–Crippen MR) is 80.5 cm³/mol. The van der Waals surface area contributed by atoms with Gasteiger partial charge in [-0.1, -0.05) is 38.0 Å². The fourth-order valence-electron chi connectivity index (χ4n) is 3.18. The third kappa shape index (κ3) is 4.09. The number of para-hydroxylation sites is 1. The van der Waals surface area contributed by atoms with Crippen molar-refractivity contribution in [2.24, 2.45) is 5.41 Å². The maximum Gasteiger partial charge on any atom is 0.133 e. The monoisotopic (exact) mass is 259 g/mol. The van der Waals surface area contributed by atoms with Crippen LogP contribution in [0.1, 0.15) is 45.4 Å². The minimum atomic E-state index is 0.127. The quantitative estimate of drug-likeness (QED) is 0.816. The molecule has 0 amide bonds. The number of nitrogens with zero attached hydrogens (tertiary/aromatic N) is 1. The molecule has 19 heavy (non-hydrogen) atoms. The van der Waals surface area contributed by atoms with Gasteiger partial charge in [0.05, 0.1) is 0 Å². The van der Waals surface area contributed by atoms with Crippen LogP contribution in [0.25, 0.3) is 0 Å². The summed E-state index contributed by atoms with van der Waals surface area (Å²) >= 11 is 0. The Bertz CT molecular complexity index is 415. The van der Waals surface area contributed by atoms with Crippen molar-refractivity contribution in [2.75, 3.05) is 18.5 Å². The summed E-state index contributed by atoms with van der Waals surface area (Å²) in [7, 11) is 2.13. The second kappa shape index (κ2) is 6.23. The molecule has 104 valence electrons. The topological polar surface area (TPSA) is 20.3 Å². The van der Waals surface area contributed by atoms with E-state index in [2.05, 4.69) is 43.1 Å². The molecule has 0 aliphatic heterocycles. The summed E-state index contributed by atoms with van der Waals surface area (Å²) in [5.74, 6) is 0.448. The molecule has 0 spiro atoms. The summed E-state index contributed by atoms with van der Waals surface area (Å²) in [4.78, 5) is 14.2. The molecule has 0 unspecified atom stereocenters. The molecule has 2 rings (SSSR count). The number of carbonyl (C=O) groups is 1. The SMILES string of the molecule is CN(C[C@@]1(C)CCCCCC(=O)C1)c1ccccc1. The number of ketones is 1. The number of hydrogen-bond acceptors (Lipinski definition) is 2. The minimum Gasteiger partial charge on any atom is -0.374 e. The lowest BCUT2D eigenvalue weighted by Crippen LogP contribution is -2.36. The summed E-state index contributed by atoms with van der Waals surface area (Å²) in [6, 6.07) is 10.4. The Morgan fingerprint density at radius 1 is 1.16 bits per heavy atom. The molecule has 1 aromatic carbocycles. The van der Waals surface area contributed by atoms with Crippen LogP contribution in [0.4, 0.5) is 5.69 Å². The highest BCUT2D eigenvalue weighted by atomic mass is 16.1. The van der Waals surface area contributed by atoms with E-state index in [1.807, 2.05) is 6.07 Å². The van der Waals surface area contributed by atoms with Gasteiger partial charge >= 0.3 is 0 Å². The van der Waals surface area contributed by atoms with Crippen molar-refractivity contribution in [1.82, 2.24) is 0 Å². The summed E-state index contributed by atoms with van der Waals surface area (Å²) in [6.07, 6.45) is 6.23. The van der Waals surface area contributed by atoms with Crippen molar-refractivity contribution in [3.8, 4) is 0 Å². The normalized spacial score (nSPS) is 24.6. The standard InChI is InChI=1S/C17H25NO/c1-17(12-8-4-7-11-16(19)13-17)14-18(2)15-9-5-3-6-10-15/h3,5-6,9-10H,4,7-8,11-14H2,1-2H3/t17-/m0/s1.